The summed E-state index contributed by atoms with van der Waals surface area (Å²) in [5.41, 5.74) is 0.598. The molecule has 1 aliphatic carbocycles. The number of fused-ring (bicyclic) bond motifs is 3. The van der Waals surface area contributed by atoms with E-state index in [0.29, 0.717) is 5.69 Å². The first kappa shape index (κ1) is 11.2. The number of carbonyl (C=O) groups excluding carboxylic acids is 2. The summed E-state index contributed by atoms with van der Waals surface area (Å²) < 4.78 is 1.99. The molecule has 6 heteroatoms. The molecule has 88 valence electrons. The van der Waals surface area contributed by atoms with Crippen LogP contribution >= 0.6 is 27.5 Å². The molecule has 17 heavy (non-hydrogen) atoms. The van der Waals surface area contributed by atoms with Crippen LogP contribution in [0.5, 0.6) is 0 Å². The number of hydrogen-bond donors (Lipinski definition) is 0. The number of aromatic nitrogens is 2. The molecule has 4 nitrogen and oxygen atoms in total. The molecular weight excluding hydrogens is 307 g/mol. The zero-order valence-corrected chi connectivity index (χ0v) is 11.1. The van der Waals surface area contributed by atoms with Gasteiger partial charge in [-0.05, 0) is 28.8 Å². The van der Waals surface area contributed by atoms with Gasteiger partial charge < -0.3 is 4.57 Å². The number of rotatable bonds is 0. The van der Waals surface area contributed by atoms with Gasteiger partial charge in [0, 0.05) is 13.0 Å². The molecular formula is C11H8BrClN2O2. The number of hydrogen-bond acceptors (Lipinski definition) is 3. The molecule has 0 radical (unpaired) electrons. The largest absolute Gasteiger partial charge is 0.325 e. The Labute approximate surface area is 111 Å². The Bertz CT molecular complexity index is 589. The van der Waals surface area contributed by atoms with Crippen molar-refractivity contribution in [1.82, 2.24) is 9.55 Å². The minimum absolute atomic E-state index is 0.0713. The fraction of sp³-hybridized carbons (Fsp3) is 0.364. The zero-order chi connectivity index (χ0) is 12.2. The summed E-state index contributed by atoms with van der Waals surface area (Å²) in [6, 6.07) is 0. The van der Waals surface area contributed by atoms with Crippen molar-refractivity contribution in [2.24, 2.45) is 0 Å². The van der Waals surface area contributed by atoms with E-state index in [1.54, 1.807) is 0 Å². The van der Waals surface area contributed by atoms with E-state index < -0.39 is 0 Å². The maximum absolute atomic E-state index is 12.1. The Kier molecular flexibility index (Phi) is 2.48. The standard InChI is InChI=1S/C11H8BrClN2O2/c12-6-7(13)11(17)8-9(10(6)16)15-4-2-1-3-5(15)14-8/h1-4H2. The molecule has 0 spiro atoms. The third-order valence-corrected chi connectivity index (χ3v) is 4.45. The van der Waals surface area contributed by atoms with Gasteiger partial charge in [0.2, 0.25) is 11.6 Å². The van der Waals surface area contributed by atoms with Gasteiger partial charge >= 0.3 is 0 Å². The number of imidazole rings is 1. The Balaban J connectivity index is 2.26. The quantitative estimate of drug-likeness (QED) is 0.739. The highest BCUT2D eigenvalue weighted by Crippen LogP contribution is 2.33. The van der Waals surface area contributed by atoms with Gasteiger partial charge in [-0.3, -0.25) is 9.59 Å². The SMILES string of the molecule is O=C1C(Cl)=C(Br)C(=O)c2c1nc1n2CCCC1. The van der Waals surface area contributed by atoms with E-state index in [1.807, 2.05) is 4.57 Å². The number of carbonyl (C=O) groups is 2. The van der Waals surface area contributed by atoms with Crippen molar-refractivity contribution in [3.63, 3.8) is 0 Å². The molecule has 2 aliphatic rings. The Morgan fingerprint density at radius 2 is 2.00 bits per heavy atom. The van der Waals surface area contributed by atoms with Gasteiger partial charge in [-0.1, -0.05) is 11.6 Å². The molecule has 2 heterocycles. The van der Waals surface area contributed by atoms with Crippen LogP contribution in [0.3, 0.4) is 0 Å². The molecule has 0 fully saturated rings. The highest BCUT2D eigenvalue weighted by molar-refractivity contribution is 9.12. The lowest BCUT2D eigenvalue weighted by molar-refractivity contribution is 0.0980. The summed E-state index contributed by atoms with van der Waals surface area (Å²) in [6.45, 7) is 0.745. The second kappa shape index (κ2) is 3.78. The van der Waals surface area contributed by atoms with Crippen molar-refractivity contribution >= 4 is 39.1 Å². The van der Waals surface area contributed by atoms with E-state index in [0.717, 1.165) is 31.6 Å². The van der Waals surface area contributed by atoms with E-state index in [9.17, 15) is 9.59 Å². The highest BCUT2D eigenvalue weighted by Gasteiger charge is 2.36. The fourth-order valence-electron chi connectivity index (χ4n) is 2.28. The van der Waals surface area contributed by atoms with E-state index in [-0.39, 0.29) is 26.8 Å². The number of halogens is 2. The molecule has 0 bridgehead atoms. The van der Waals surface area contributed by atoms with Crippen molar-refractivity contribution in [2.45, 2.75) is 25.8 Å². The van der Waals surface area contributed by atoms with E-state index in [2.05, 4.69) is 20.9 Å². The van der Waals surface area contributed by atoms with Crippen molar-refractivity contribution in [1.29, 1.82) is 0 Å². The minimum Gasteiger partial charge on any atom is -0.325 e. The van der Waals surface area contributed by atoms with Crippen LogP contribution in [-0.4, -0.2) is 21.1 Å². The molecule has 1 aromatic heterocycles. The molecule has 0 N–H and O–H groups in total. The van der Waals surface area contributed by atoms with Crippen LogP contribution in [0.15, 0.2) is 9.51 Å². The van der Waals surface area contributed by atoms with Gasteiger partial charge in [0.05, 0.1) is 4.48 Å². The van der Waals surface area contributed by atoms with Gasteiger partial charge in [-0.2, -0.15) is 0 Å². The molecule has 1 aliphatic heterocycles. The van der Waals surface area contributed by atoms with E-state index >= 15 is 0 Å². The summed E-state index contributed by atoms with van der Waals surface area (Å²) >= 11 is 8.89. The summed E-state index contributed by atoms with van der Waals surface area (Å²) in [5, 5.41) is -0.0713. The van der Waals surface area contributed by atoms with Gasteiger partial charge in [-0.25, -0.2) is 4.98 Å². The maximum Gasteiger partial charge on any atom is 0.226 e. The molecule has 1 aromatic rings. The Hall–Kier alpha value is -0.940. The van der Waals surface area contributed by atoms with Crippen molar-refractivity contribution in [2.75, 3.05) is 0 Å². The highest BCUT2D eigenvalue weighted by atomic mass is 79.9. The number of nitrogens with zero attached hydrogens (tertiary/aromatic N) is 2. The molecule has 0 saturated heterocycles. The van der Waals surface area contributed by atoms with Crippen LogP contribution in [0.25, 0.3) is 0 Å². The minimum atomic E-state index is -0.366. The van der Waals surface area contributed by atoms with Crippen molar-refractivity contribution in [3.8, 4) is 0 Å². The number of Topliss-reactive ketones (excluding diaryl/α,β-unsaturated/α-hetero) is 2. The summed E-state index contributed by atoms with van der Waals surface area (Å²) in [4.78, 5) is 28.3. The maximum atomic E-state index is 12.1. The summed E-state index contributed by atoms with van der Waals surface area (Å²) in [7, 11) is 0. The van der Waals surface area contributed by atoms with Crippen LogP contribution in [0.2, 0.25) is 0 Å². The van der Waals surface area contributed by atoms with Crippen LogP contribution in [0, 0.1) is 0 Å². The first-order chi connectivity index (χ1) is 8.11. The normalized spacial score (nSPS) is 19.4. The predicted molar refractivity (Wildman–Crippen MR) is 65.6 cm³/mol. The number of aryl methyl sites for hydroxylation is 1. The number of allylic oxidation sites excluding steroid dienone is 2. The van der Waals surface area contributed by atoms with Crippen LogP contribution < -0.4 is 0 Å². The fourth-order valence-corrected chi connectivity index (χ4v) is 2.82. The van der Waals surface area contributed by atoms with Gasteiger partial charge in [0.1, 0.15) is 22.2 Å². The lowest BCUT2D eigenvalue weighted by Crippen LogP contribution is -2.21. The topological polar surface area (TPSA) is 52.0 Å². The van der Waals surface area contributed by atoms with E-state index in [1.165, 1.54) is 0 Å². The third kappa shape index (κ3) is 1.45. The summed E-state index contributed by atoms with van der Waals surface area (Å²) in [6.07, 6.45) is 2.86. The number of ketones is 2. The average molecular weight is 316 g/mol. The lowest BCUT2D eigenvalue weighted by Gasteiger charge is -2.17. The zero-order valence-electron chi connectivity index (χ0n) is 8.80. The first-order valence-electron chi connectivity index (χ1n) is 5.35. The molecule has 0 atom stereocenters. The molecule has 0 aromatic carbocycles. The van der Waals surface area contributed by atoms with Crippen LogP contribution in [0.1, 0.15) is 39.6 Å². The first-order valence-corrected chi connectivity index (χ1v) is 6.52. The van der Waals surface area contributed by atoms with Gasteiger partial charge in [-0.15, -0.1) is 0 Å². The average Bonchev–Trinajstić information content (AvgIpc) is 2.73. The van der Waals surface area contributed by atoms with Crippen molar-refractivity contribution < 1.29 is 9.59 Å². The van der Waals surface area contributed by atoms with Crippen LogP contribution in [0.4, 0.5) is 0 Å². The third-order valence-electron chi connectivity index (χ3n) is 3.10. The monoisotopic (exact) mass is 314 g/mol. The molecule has 0 unspecified atom stereocenters. The van der Waals surface area contributed by atoms with Crippen molar-refractivity contribution in [3.05, 3.63) is 26.7 Å². The lowest BCUT2D eigenvalue weighted by atomic mass is 10.1. The second-order valence-electron chi connectivity index (χ2n) is 4.12. The van der Waals surface area contributed by atoms with Gasteiger partial charge in [0.25, 0.3) is 0 Å². The summed E-state index contributed by atoms with van der Waals surface area (Å²) in [5.74, 6) is 0.204. The molecule has 3 rings (SSSR count). The Morgan fingerprint density at radius 3 is 2.76 bits per heavy atom. The van der Waals surface area contributed by atoms with Gasteiger partial charge in [0.15, 0.2) is 0 Å². The molecule has 0 amide bonds. The van der Waals surface area contributed by atoms with E-state index in [4.69, 9.17) is 11.6 Å². The Morgan fingerprint density at radius 1 is 1.24 bits per heavy atom. The predicted octanol–water partition coefficient (Wildman–Crippen LogP) is 2.44. The van der Waals surface area contributed by atoms with Crippen LogP contribution in [-0.2, 0) is 13.0 Å². The smallest absolute Gasteiger partial charge is 0.226 e. The second-order valence-corrected chi connectivity index (χ2v) is 5.29. The molecule has 0 saturated carbocycles.